The number of methoxy groups -OCH3 is 1. The van der Waals surface area contributed by atoms with Gasteiger partial charge in [0, 0.05) is 24.7 Å². The van der Waals surface area contributed by atoms with Gasteiger partial charge >= 0.3 is 0 Å². The molecule has 1 N–H and O–H groups in total. The van der Waals surface area contributed by atoms with Crippen LogP contribution in [-0.4, -0.2) is 37.0 Å². The van der Waals surface area contributed by atoms with Crippen LogP contribution in [0.25, 0.3) is 0 Å². The summed E-state index contributed by atoms with van der Waals surface area (Å²) in [6, 6.07) is 11.0. The van der Waals surface area contributed by atoms with Crippen molar-refractivity contribution in [2.24, 2.45) is 0 Å². The first-order valence-electron chi connectivity index (χ1n) is 9.07. The molecule has 3 rings (SSSR count). The van der Waals surface area contributed by atoms with Crippen LogP contribution in [0.4, 0.5) is 14.5 Å². The van der Waals surface area contributed by atoms with Gasteiger partial charge in [0.25, 0.3) is 0 Å². The van der Waals surface area contributed by atoms with Crippen molar-refractivity contribution in [3.63, 3.8) is 0 Å². The molecule has 1 aliphatic rings. The number of piperidine rings is 1. The first kappa shape index (κ1) is 19.6. The van der Waals surface area contributed by atoms with Crippen LogP contribution >= 0.6 is 0 Å². The van der Waals surface area contributed by atoms with Crippen molar-refractivity contribution in [1.29, 1.82) is 5.26 Å². The van der Waals surface area contributed by atoms with E-state index in [1.165, 1.54) is 0 Å². The third kappa shape index (κ3) is 4.39. The first-order valence-corrected chi connectivity index (χ1v) is 9.07. The highest BCUT2D eigenvalue weighted by molar-refractivity contribution is 5.79. The van der Waals surface area contributed by atoms with Crippen molar-refractivity contribution < 1.29 is 18.3 Å². The fraction of sp³-hybridized carbons (Fsp3) is 0.333. The molecular weight excluding hydrogens is 364 g/mol. The molecule has 1 amide bonds. The number of nitrogens with one attached hydrogen (secondary N) is 1. The molecular formula is C21H21F2N3O2. The Morgan fingerprint density at radius 2 is 1.89 bits per heavy atom. The highest BCUT2D eigenvalue weighted by Crippen LogP contribution is 2.25. The molecule has 1 fully saturated rings. The van der Waals surface area contributed by atoms with E-state index in [1.807, 2.05) is 24.3 Å². The quantitative estimate of drug-likeness (QED) is 0.856. The average molecular weight is 385 g/mol. The number of ether oxygens (including phenoxy) is 1. The van der Waals surface area contributed by atoms with Gasteiger partial charge in [-0.2, -0.15) is 5.26 Å². The van der Waals surface area contributed by atoms with Gasteiger partial charge in [-0.3, -0.25) is 4.79 Å². The van der Waals surface area contributed by atoms with Gasteiger partial charge in [-0.15, -0.1) is 0 Å². The molecule has 0 bridgehead atoms. The standard InChI is InChI=1S/C21H21F2N3O2/c1-28-19-5-3-2-4-15(19)12-20(27)26-8-6-16(7-9-26)25-21-17(22)10-14(13-24)11-18(21)23/h2-5,10-11,16,25H,6-9,12H2,1H3. The van der Waals surface area contributed by atoms with E-state index in [-0.39, 0.29) is 29.6 Å². The lowest BCUT2D eigenvalue weighted by Gasteiger charge is -2.33. The van der Waals surface area contributed by atoms with Crippen LogP contribution in [0.1, 0.15) is 24.0 Å². The first-order chi connectivity index (χ1) is 13.5. The number of amides is 1. The van der Waals surface area contributed by atoms with Crippen LogP contribution in [0.2, 0.25) is 0 Å². The number of likely N-dealkylation sites (tertiary alicyclic amines) is 1. The summed E-state index contributed by atoms with van der Waals surface area (Å²) in [5, 5.41) is 11.6. The zero-order valence-corrected chi connectivity index (χ0v) is 15.5. The summed E-state index contributed by atoms with van der Waals surface area (Å²) in [6.07, 6.45) is 1.41. The topological polar surface area (TPSA) is 65.4 Å². The van der Waals surface area contributed by atoms with E-state index < -0.39 is 11.6 Å². The zero-order chi connectivity index (χ0) is 20.1. The van der Waals surface area contributed by atoms with E-state index in [4.69, 9.17) is 10.00 Å². The largest absolute Gasteiger partial charge is 0.496 e. The average Bonchev–Trinajstić information content (AvgIpc) is 2.71. The Kier molecular flexibility index (Phi) is 6.09. The van der Waals surface area contributed by atoms with Gasteiger partial charge in [0.1, 0.15) is 11.4 Å². The predicted molar refractivity (Wildman–Crippen MR) is 101 cm³/mol. The van der Waals surface area contributed by atoms with Crippen molar-refractivity contribution in [3.05, 3.63) is 59.2 Å². The smallest absolute Gasteiger partial charge is 0.227 e. The maximum atomic E-state index is 14.0. The van der Waals surface area contributed by atoms with Crippen LogP contribution in [0.3, 0.4) is 0 Å². The van der Waals surface area contributed by atoms with Crippen LogP contribution < -0.4 is 10.1 Å². The molecule has 0 spiro atoms. The Balaban J connectivity index is 1.58. The minimum absolute atomic E-state index is 0.00122. The molecule has 0 aliphatic carbocycles. The second-order valence-corrected chi connectivity index (χ2v) is 6.71. The Labute approximate surface area is 162 Å². The van der Waals surface area contributed by atoms with Crippen molar-refractivity contribution in [2.45, 2.75) is 25.3 Å². The summed E-state index contributed by atoms with van der Waals surface area (Å²) in [5.74, 6) is -0.893. The minimum Gasteiger partial charge on any atom is -0.496 e. The van der Waals surface area contributed by atoms with E-state index in [1.54, 1.807) is 18.1 Å². The number of para-hydroxylation sites is 1. The van der Waals surface area contributed by atoms with E-state index >= 15 is 0 Å². The number of halogens is 2. The molecule has 0 radical (unpaired) electrons. The number of hydrogen-bond donors (Lipinski definition) is 1. The molecule has 0 saturated carbocycles. The molecule has 146 valence electrons. The molecule has 2 aromatic rings. The summed E-state index contributed by atoms with van der Waals surface area (Å²) >= 11 is 0. The van der Waals surface area contributed by atoms with Crippen LogP contribution in [0.15, 0.2) is 36.4 Å². The number of benzene rings is 2. The number of anilines is 1. The fourth-order valence-electron chi connectivity index (χ4n) is 3.38. The van der Waals surface area contributed by atoms with Crippen LogP contribution in [-0.2, 0) is 11.2 Å². The number of nitriles is 1. The highest BCUT2D eigenvalue weighted by Gasteiger charge is 2.25. The van der Waals surface area contributed by atoms with Gasteiger partial charge < -0.3 is 15.0 Å². The summed E-state index contributed by atoms with van der Waals surface area (Å²) < 4.78 is 33.4. The Morgan fingerprint density at radius 1 is 1.25 bits per heavy atom. The highest BCUT2D eigenvalue weighted by atomic mass is 19.1. The van der Waals surface area contributed by atoms with Gasteiger partial charge in [0.15, 0.2) is 11.6 Å². The molecule has 1 heterocycles. The lowest BCUT2D eigenvalue weighted by Crippen LogP contribution is -2.43. The lowest BCUT2D eigenvalue weighted by atomic mass is 10.0. The molecule has 2 aromatic carbocycles. The number of rotatable bonds is 5. The lowest BCUT2D eigenvalue weighted by molar-refractivity contribution is -0.131. The van der Waals surface area contributed by atoms with Gasteiger partial charge in [-0.25, -0.2) is 8.78 Å². The monoisotopic (exact) mass is 385 g/mol. The third-order valence-corrected chi connectivity index (χ3v) is 4.90. The van der Waals surface area contributed by atoms with Gasteiger partial charge in [-0.1, -0.05) is 18.2 Å². The second kappa shape index (κ2) is 8.70. The van der Waals surface area contributed by atoms with E-state index in [0.29, 0.717) is 31.7 Å². The fourth-order valence-corrected chi connectivity index (χ4v) is 3.38. The van der Waals surface area contributed by atoms with Crippen LogP contribution in [0.5, 0.6) is 5.75 Å². The van der Waals surface area contributed by atoms with Crippen molar-refractivity contribution in [2.75, 3.05) is 25.5 Å². The normalized spacial score (nSPS) is 14.4. The van der Waals surface area contributed by atoms with Gasteiger partial charge in [0.2, 0.25) is 5.91 Å². The number of hydrogen-bond acceptors (Lipinski definition) is 4. The van der Waals surface area contributed by atoms with Crippen LogP contribution in [0, 0.1) is 23.0 Å². The number of carbonyl (C=O) groups excluding carboxylic acids is 1. The molecule has 0 unspecified atom stereocenters. The second-order valence-electron chi connectivity index (χ2n) is 6.71. The van der Waals surface area contributed by atoms with Crippen molar-refractivity contribution >= 4 is 11.6 Å². The summed E-state index contributed by atoms with van der Waals surface area (Å²) in [7, 11) is 1.57. The third-order valence-electron chi connectivity index (χ3n) is 4.90. The van der Waals surface area contributed by atoms with Crippen molar-refractivity contribution in [1.82, 2.24) is 4.90 Å². The number of carbonyl (C=O) groups is 1. The molecule has 1 saturated heterocycles. The molecule has 1 aliphatic heterocycles. The molecule has 28 heavy (non-hydrogen) atoms. The molecule has 5 nitrogen and oxygen atoms in total. The predicted octanol–water partition coefficient (Wildman–Crippen LogP) is 3.49. The maximum absolute atomic E-state index is 14.0. The summed E-state index contributed by atoms with van der Waals surface area (Å²) in [6.45, 7) is 1.01. The summed E-state index contributed by atoms with van der Waals surface area (Å²) in [4.78, 5) is 14.3. The molecule has 0 aromatic heterocycles. The Bertz CT molecular complexity index is 880. The van der Waals surface area contributed by atoms with Crippen molar-refractivity contribution in [3.8, 4) is 11.8 Å². The maximum Gasteiger partial charge on any atom is 0.227 e. The molecule has 0 atom stereocenters. The van der Waals surface area contributed by atoms with Gasteiger partial charge in [-0.05, 0) is 31.0 Å². The summed E-state index contributed by atoms with van der Waals surface area (Å²) in [5.41, 5.74) is 0.548. The zero-order valence-electron chi connectivity index (χ0n) is 15.5. The van der Waals surface area contributed by atoms with E-state index in [9.17, 15) is 13.6 Å². The van der Waals surface area contributed by atoms with E-state index in [0.717, 1.165) is 17.7 Å². The number of nitrogens with zero attached hydrogens (tertiary/aromatic N) is 2. The SMILES string of the molecule is COc1ccccc1CC(=O)N1CCC(Nc2c(F)cc(C#N)cc2F)CC1. The molecule has 7 heteroatoms. The van der Waals surface area contributed by atoms with Gasteiger partial charge in [0.05, 0.1) is 25.2 Å². The van der Waals surface area contributed by atoms with E-state index in [2.05, 4.69) is 5.32 Å². The minimum atomic E-state index is -0.786. The Morgan fingerprint density at radius 3 is 2.50 bits per heavy atom. The Hall–Kier alpha value is -3.14.